The SMILES string of the molecule is C#CCOC(C(=O)OCC[NH+](C)C)(c1ccccc1)c1ccccc1. The Hall–Kier alpha value is -2.61. The molecule has 0 aliphatic heterocycles. The summed E-state index contributed by atoms with van der Waals surface area (Å²) in [7, 11) is 4.01. The lowest BCUT2D eigenvalue weighted by molar-refractivity contribution is -0.858. The molecule has 0 unspecified atom stereocenters. The van der Waals surface area contributed by atoms with Gasteiger partial charge in [-0.1, -0.05) is 66.6 Å². The van der Waals surface area contributed by atoms with Crippen molar-refractivity contribution in [3.63, 3.8) is 0 Å². The van der Waals surface area contributed by atoms with E-state index in [1.807, 2.05) is 74.8 Å². The molecule has 0 amide bonds. The highest BCUT2D eigenvalue weighted by Gasteiger charge is 2.45. The molecule has 4 nitrogen and oxygen atoms in total. The average molecular weight is 338 g/mol. The molecule has 0 spiro atoms. The number of terminal acetylenes is 1. The van der Waals surface area contributed by atoms with E-state index >= 15 is 0 Å². The number of likely N-dealkylation sites (N-methyl/N-ethyl adjacent to an activating group) is 1. The number of quaternary nitrogens is 1. The van der Waals surface area contributed by atoms with Gasteiger partial charge in [0.1, 0.15) is 19.8 Å². The topological polar surface area (TPSA) is 40.0 Å². The van der Waals surface area contributed by atoms with Gasteiger partial charge in [-0.3, -0.25) is 0 Å². The number of ether oxygens (including phenoxy) is 2. The van der Waals surface area contributed by atoms with Crippen molar-refractivity contribution in [1.29, 1.82) is 0 Å². The largest absolute Gasteiger partial charge is 0.457 e. The van der Waals surface area contributed by atoms with Crippen LogP contribution in [0.1, 0.15) is 11.1 Å². The van der Waals surface area contributed by atoms with Crippen molar-refractivity contribution in [2.45, 2.75) is 5.60 Å². The zero-order valence-electron chi connectivity index (χ0n) is 14.7. The predicted octanol–water partition coefficient (Wildman–Crippen LogP) is 1.27. The number of esters is 1. The molecule has 0 aliphatic rings. The summed E-state index contributed by atoms with van der Waals surface area (Å²) in [5.41, 5.74) is 0.00795. The van der Waals surface area contributed by atoms with E-state index in [9.17, 15) is 4.79 Å². The fourth-order valence-electron chi connectivity index (χ4n) is 2.57. The summed E-state index contributed by atoms with van der Waals surface area (Å²) in [6.45, 7) is 1.01. The zero-order chi connectivity index (χ0) is 18.1. The Labute approximate surface area is 149 Å². The molecule has 2 aromatic rings. The molecule has 0 saturated carbocycles. The van der Waals surface area contributed by atoms with Gasteiger partial charge >= 0.3 is 5.97 Å². The Bertz CT molecular complexity index is 665. The van der Waals surface area contributed by atoms with Crippen LogP contribution >= 0.6 is 0 Å². The summed E-state index contributed by atoms with van der Waals surface area (Å²) in [5, 5.41) is 0. The molecule has 0 saturated heterocycles. The molecule has 0 fully saturated rings. The average Bonchev–Trinajstić information content (AvgIpc) is 2.64. The molecule has 0 aromatic heterocycles. The molecule has 4 heteroatoms. The van der Waals surface area contributed by atoms with E-state index < -0.39 is 11.6 Å². The van der Waals surface area contributed by atoms with Crippen molar-refractivity contribution in [2.24, 2.45) is 0 Å². The molecule has 130 valence electrons. The second kappa shape index (κ2) is 9.03. The molecular formula is C21H24NO3+. The summed E-state index contributed by atoms with van der Waals surface area (Å²) < 4.78 is 11.5. The van der Waals surface area contributed by atoms with Crippen LogP contribution in [-0.4, -0.2) is 39.8 Å². The Morgan fingerprint density at radius 1 is 1.04 bits per heavy atom. The maximum absolute atomic E-state index is 13.1. The van der Waals surface area contributed by atoms with Gasteiger partial charge in [0.05, 0.1) is 14.1 Å². The van der Waals surface area contributed by atoms with E-state index in [1.165, 1.54) is 4.90 Å². The molecule has 2 aromatic carbocycles. The molecule has 0 atom stereocenters. The van der Waals surface area contributed by atoms with E-state index in [2.05, 4.69) is 5.92 Å². The summed E-state index contributed by atoms with van der Waals surface area (Å²) >= 11 is 0. The van der Waals surface area contributed by atoms with Crippen LogP contribution in [-0.2, 0) is 19.9 Å². The zero-order valence-corrected chi connectivity index (χ0v) is 14.7. The normalized spacial score (nSPS) is 11.1. The molecule has 25 heavy (non-hydrogen) atoms. The van der Waals surface area contributed by atoms with Gasteiger partial charge < -0.3 is 14.4 Å². The first kappa shape index (κ1) is 18.7. The second-order valence-electron chi connectivity index (χ2n) is 6.00. The van der Waals surface area contributed by atoms with Gasteiger partial charge in [0.2, 0.25) is 5.60 Å². The highest BCUT2D eigenvalue weighted by Crippen LogP contribution is 2.35. The molecular weight excluding hydrogens is 314 g/mol. The first-order valence-electron chi connectivity index (χ1n) is 8.26. The van der Waals surface area contributed by atoms with Crippen molar-refractivity contribution < 1.29 is 19.2 Å². The van der Waals surface area contributed by atoms with Crippen LogP contribution in [0, 0.1) is 12.3 Å². The van der Waals surface area contributed by atoms with E-state index in [0.29, 0.717) is 24.3 Å². The lowest BCUT2D eigenvalue weighted by Gasteiger charge is -2.32. The lowest BCUT2D eigenvalue weighted by atomic mass is 9.86. The number of nitrogens with one attached hydrogen (secondary N) is 1. The standard InChI is InChI=1S/C21H23NO3/c1-4-16-25-21(18-11-7-5-8-12-18,19-13-9-6-10-14-19)20(23)24-17-15-22(2)3/h1,5-14H,15-17H2,2-3H3/p+1. The number of carbonyl (C=O) groups is 1. The smallest absolute Gasteiger partial charge is 0.348 e. The molecule has 0 heterocycles. The Morgan fingerprint density at radius 3 is 2.00 bits per heavy atom. The van der Waals surface area contributed by atoms with E-state index in [4.69, 9.17) is 15.9 Å². The number of rotatable bonds is 8. The summed E-state index contributed by atoms with van der Waals surface area (Å²) in [5.74, 6) is 2.00. The molecule has 0 aliphatic carbocycles. The highest BCUT2D eigenvalue weighted by molar-refractivity contribution is 5.86. The van der Waals surface area contributed by atoms with Crippen LogP contribution in [0.5, 0.6) is 0 Å². The number of benzene rings is 2. The van der Waals surface area contributed by atoms with Crippen LogP contribution in [0.25, 0.3) is 0 Å². The highest BCUT2D eigenvalue weighted by atomic mass is 16.6. The quantitative estimate of drug-likeness (QED) is 0.582. The maximum Gasteiger partial charge on any atom is 0.348 e. The first-order valence-corrected chi connectivity index (χ1v) is 8.26. The Balaban J connectivity index is 2.47. The third kappa shape index (κ3) is 4.48. The van der Waals surface area contributed by atoms with Crippen molar-refractivity contribution in [2.75, 3.05) is 33.9 Å². The Kier molecular flexibility index (Phi) is 6.76. The van der Waals surface area contributed by atoms with Crippen molar-refractivity contribution in [3.8, 4) is 12.3 Å². The van der Waals surface area contributed by atoms with Crippen LogP contribution in [0.15, 0.2) is 60.7 Å². The van der Waals surface area contributed by atoms with Crippen molar-refractivity contribution >= 4 is 5.97 Å². The Morgan fingerprint density at radius 2 is 1.56 bits per heavy atom. The van der Waals surface area contributed by atoms with Crippen LogP contribution in [0.4, 0.5) is 0 Å². The monoisotopic (exact) mass is 338 g/mol. The third-order valence-corrected chi connectivity index (χ3v) is 3.86. The van der Waals surface area contributed by atoms with Crippen molar-refractivity contribution in [1.82, 2.24) is 0 Å². The minimum atomic E-state index is -1.38. The fraction of sp³-hybridized carbons (Fsp3) is 0.286. The minimum Gasteiger partial charge on any atom is -0.457 e. The molecule has 0 radical (unpaired) electrons. The summed E-state index contributed by atoms with van der Waals surface area (Å²) in [4.78, 5) is 14.3. The molecule has 2 rings (SSSR count). The lowest BCUT2D eigenvalue weighted by Crippen LogP contribution is -3.06. The van der Waals surface area contributed by atoms with Crippen molar-refractivity contribution in [3.05, 3.63) is 71.8 Å². The van der Waals surface area contributed by atoms with Crippen LogP contribution in [0.2, 0.25) is 0 Å². The van der Waals surface area contributed by atoms with Gasteiger partial charge in [0.15, 0.2) is 0 Å². The van der Waals surface area contributed by atoms with Gasteiger partial charge in [0, 0.05) is 0 Å². The number of hydrogen-bond donors (Lipinski definition) is 1. The fourth-order valence-corrected chi connectivity index (χ4v) is 2.57. The van der Waals surface area contributed by atoms with E-state index in [-0.39, 0.29) is 6.61 Å². The second-order valence-corrected chi connectivity index (χ2v) is 6.00. The minimum absolute atomic E-state index is 0.00216. The van der Waals surface area contributed by atoms with Gasteiger partial charge in [-0.25, -0.2) is 4.79 Å². The predicted molar refractivity (Wildman–Crippen MR) is 97.1 cm³/mol. The number of carbonyl (C=O) groups excluding carboxylic acids is 1. The van der Waals surface area contributed by atoms with Gasteiger partial charge in [-0.05, 0) is 11.1 Å². The third-order valence-electron chi connectivity index (χ3n) is 3.86. The summed E-state index contributed by atoms with van der Waals surface area (Å²) in [6, 6.07) is 18.6. The van der Waals surface area contributed by atoms with Gasteiger partial charge in [-0.15, -0.1) is 6.42 Å². The maximum atomic E-state index is 13.1. The van der Waals surface area contributed by atoms with E-state index in [1.54, 1.807) is 0 Å². The van der Waals surface area contributed by atoms with E-state index in [0.717, 1.165) is 0 Å². The van der Waals surface area contributed by atoms with Gasteiger partial charge in [0.25, 0.3) is 0 Å². The van der Waals surface area contributed by atoms with Crippen LogP contribution < -0.4 is 4.90 Å². The summed E-state index contributed by atoms with van der Waals surface area (Å²) in [6.07, 6.45) is 5.40. The van der Waals surface area contributed by atoms with Crippen LogP contribution in [0.3, 0.4) is 0 Å². The molecule has 0 bridgehead atoms. The first-order chi connectivity index (χ1) is 12.1. The van der Waals surface area contributed by atoms with Gasteiger partial charge in [-0.2, -0.15) is 0 Å². The molecule has 1 N–H and O–H groups in total. The number of hydrogen-bond acceptors (Lipinski definition) is 3.